The Bertz CT molecular complexity index is 691. The molecule has 22 heavy (non-hydrogen) atoms. The van der Waals surface area contributed by atoms with Crippen molar-refractivity contribution in [2.45, 2.75) is 0 Å². The Balaban J connectivity index is 2.39. The number of rotatable bonds is 6. The molecule has 0 bridgehead atoms. The number of carboxylic acid groups (broad SMARTS) is 1. The van der Waals surface area contributed by atoms with Crippen molar-refractivity contribution < 1.29 is 19.4 Å². The van der Waals surface area contributed by atoms with Gasteiger partial charge in [0.2, 0.25) is 0 Å². The standard InChI is InChI=1S/C15H13Cl2NO4/c1-21-8-22-12-7-6-10(16)14(13(12)17)18-11-5-3-2-4-9(11)15(19)20/h2-7,18H,8H2,1H3,(H,19,20)/p-1. The third-order valence-electron chi connectivity index (χ3n) is 2.79. The lowest BCUT2D eigenvalue weighted by atomic mass is 10.1. The van der Waals surface area contributed by atoms with E-state index in [1.54, 1.807) is 30.3 Å². The number of para-hydroxylation sites is 1. The molecule has 0 unspecified atom stereocenters. The highest BCUT2D eigenvalue weighted by atomic mass is 35.5. The number of ether oxygens (including phenoxy) is 2. The van der Waals surface area contributed by atoms with Gasteiger partial charge in [0.1, 0.15) is 10.8 Å². The van der Waals surface area contributed by atoms with E-state index < -0.39 is 5.97 Å². The lowest BCUT2D eigenvalue weighted by Crippen LogP contribution is -2.23. The summed E-state index contributed by atoms with van der Waals surface area (Å²) >= 11 is 12.4. The summed E-state index contributed by atoms with van der Waals surface area (Å²) in [6, 6.07) is 9.46. The first-order chi connectivity index (χ1) is 10.5. The van der Waals surface area contributed by atoms with Gasteiger partial charge in [-0.2, -0.15) is 0 Å². The van der Waals surface area contributed by atoms with E-state index in [2.05, 4.69) is 5.32 Å². The number of methoxy groups -OCH3 is 1. The van der Waals surface area contributed by atoms with E-state index in [1.165, 1.54) is 13.2 Å². The fourth-order valence-corrected chi connectivity index (χ4v) is 2.31. The van der Waals surface area contributed by atoms with E-state index in [0.29, 0.717) is 22.1 Å². The first-order valence-corrected chi connectivity index (χ1v) is 6.97. The number of hydrogen-bond acceptors (Lipinski definition) is 5. The highest BCUT2D eigenvalue weighted by Crippen LogP contribution is 2.39. The van der Waals surface area contributed by atoms with Crippen molar-refractivity contribution in [3.8, 4) is 5.75 Å². The van der Waals surface area contributed by atoms with E-state index in [1.807, 2.05) is 0 Å². The number of hydrogen-bond donors (Lipinski definition) is 1. The first kappa shape index (κ1) is 16.4. The zero-order valence-electron chi connectivity index (χ0n) is 11.6. The zero-order chi connectivity index (χ0) is 16.1. The number of aromatic carboxylic acids is 1. The number of halogens is 2. The molecule has 0 heterocycles. The lowest BCUT2D eigenvalue weighted by molar-refractivity contribution is -0.254. The SMILES string of the molecule is COCOc1ccc(Cl)c(Nc2ccccc2C(=O)[O-])c1Cl. The van der Waals surface area contributed by atoms with Gasteiger partial charge in [-0.05, 0) is 18.2 Å². The van der Waals surface area contributed by atoms with Crippen LogP contribution in [0.25, 0.3) is 0 Å². The van der Waals surface area contributed by atoms with Gasteiger partial charge in [0.05, 0.1) is 16.7 Å². The summed E-state index contributed by atoms with van der Waals surface area (Å²) in [6.07, 6.45) is 0. The van der Waals surface area contributed by atoms with Crippen molar-refractivity contribution in [2.75, 3.05) is 19.2 Å². The van der Waals surface area contributed by atoms with Crippen molar-refractivity contribution >= 4 is 40.5 Å². The molecule has 0 fully saturated rings. The molecule has 2 aromatic carbocycles. The van der Waals surface area contributed by atoms with Gasteiger partial charge in [-0.15, -0.1) is 0 Å². The van der Waals surface area contributed by atoms with Gasteiger partial charge < -0.3 is 24.7 Å². The molecule has 0 saturated heterocycles. The molecule has 5 nitrogen and oxygen atoms in total. The summed E-state index contributed by atoms with van der Waals surface area (Å²) in [7, 11) is 1.49. The van der Waals surface area contributed by atoms with Gasteiger partial charge in [-0.25, -0.2) is 0 Å². The average molecular weight is 341 g/mol. The maximum absolute atomic E-state index is 11.1. The molecule has 0 aliphatic rings. The topological polar surface area (TPSA) is 70.6 Å². The minimum Gasteiger partial charge on any atom is -0.545 e. The van der Waals surface area contributed by atoms with Crippen molar-refractivity contribution in [2.24, 2.45) is 0 Å². The molecule has 2 rings (SSSR count). The van der Waals surface area contributed by atoms with E-state index in [4.69, 9.17) is 32.7 Å². The maximum atomic E-state index is 11.1. The molecule has 116 valence electrons. The van der Waals surface area contributed by atoms with Crippen LogP contribution >= 0.6 is 23.2 Å². The molecule has 0 aromatic heterocycles. The Morgan fingerprint density at radius 2 is 1.95 bits per heavy atom. The Morgan fingerprint density at radius 3 is 2.64 bits per heavy atom. The highest BCUT2D eigenvalue weighted by Gasteiger charge is 2.14. The smallest absolute Gasteiger partial charge is 0.188 e. The maximum Gasteiger partial charge on any atom is 0.188 e. The van der Waals surface area contributed by atoms with Crippen LogP contribution in [0.15, 0.2) is 36.4 Å². The van der Waals surface area contributed by atoms with Crippen molar-refractivity contribution in [3.63, 3.8) is 0 Å². The number of carbonyl (C=O) groups excluding carboxylic acids is 1. The highest BCUT2D eigenvalue weighted by molar-refractivity contribution is 6.40. The normalized spacial score (nSPS) is 10.3. The van der Waals surface area contributed by atoms with Gasteiger partial charge in [0, 0.05) is 18.4 Å². The van der Waals surface area contributed by atoms with Crippen LogP contribution in [0.2, 0.25) is 10.0 Å². The Hall–Kier alpha value is -1.95. The lowest BCUT2D eigenvalue weighted by Gasteiger charge is -2.16. The minimum atomic E-state index is -1.30. The van der Waals surface area contributed by atoms with Crippen LogP contribution < -0.4 is 15.2 Å². The average Bonchev–Trinajstić information content (AvgIpc) is 2.51. The van der Waals surface area contributed by atoms with E-state index >= 15 is 0 Å². The van der Waals surface area contributed by atoms with Crippen LogP contribution in [-0.4, -0.2) is 19.9 Å². The van der Waals surface area contributed by atoms with E-state index in [9.17, 15) is 9.90 Å². The number of benzene rings is 2. The second kappa shape index (κ2) is 7.35. The van der Waals surface area contributed by atoms with Crippen LogP contribution in [0.4, 0.5) is 11.4 Å². The predicted octanol–water partition coefficient (Wildman–Crippen LogP) is 3.08. The number of anilines is 2. The summed E-state index contributed by atoms with van der Waals surface area (Å²) in [4.78, 5) is 11.1. The van der Waals surface area contributed by atoms with Gasteiger partial charge in [0.15, 0.2) is 6.79 Å². The minimum absolute atomic E-state index is 0.00199. The summed E-state index contributed by atoms with van der Waals surface area (Å²) in [5, 5.41) is 14.6. The van der Waals surface area contributed by atoms with Crippen molar-refractivity contribution in [1.82, 2.24) is 0 Å². The fourth-order valence-electron chi connectivity index (χ4n) is 1.79. The van der Waals surface area contributed by atoms with Crippen LogP contribution in [0.1, 0.15) is 10.4 Å². The molecule has 2 aromatic rings. The number of carboxylic acids is 1. The van der Waals surface area contributed by atoms with Crippen LogP contribution in [0.3, 0.4) is 0 Å². The van der Waals surface area contributed by atoms with Crippen LogP contribution in [0.5, 0.6) is 5.75 Å². The van der Waals surface area contributed by atoms with Crippen molar-refractivity contribution in [1.29, 1.82) is 0 Å². The Kier molecular flexibility index (Phi) is 5.49. The molecule has 0 aliphatic heterocycles. The van der Waals surface area contributed by atoms with E-state index in [-0.39, 0.29) is 17.4 Å². The predicted molar refractivity (Wildman–Crippen MR) is 83.0 cm³/mol. The molecule has 0 atom stereocenters. The summed E-state index contributed by atoms with van der Waals surface area (Å²) < 4.78 is 10.1. The van der Waals surface area contributed by atoms with Gasteiger partial charge in [-0.1, -0.05) is 41.4 Å². The van der Waals surface area contributed by atoms with Gasteiger partial charge >= 0.3 is 0 Å². The van der Waals surface area contributed by atoms with Gasteiger partial charge in [-0.3, -0.25) is 0 Å². The largest absolute Gasteiger partial charge is 0.545 e. The fraction of sp³-hybridized carbons (Fsp3) is 0.133. The van der Waals surface area contributed by atoms with Crippen LogP contribution in [0, 0.1) is 0 Å². The molecule has 7 heteroatoms. The Morgan fingerprint density at radius 1 is 1.23 bits per heavy atom. The molecular weight excluding hydrogens is 329 g/mol. The third-order valence-corrected chi connectivity index (χ3v) is 3.48. The molecule has 1 N–H and O–H groups in total. The molecule has 0 radical (unpaired) electrons. The second-order valence-electron chi connectivity index (χ2n) is 4.24. The monoisotopic (exact) mass is 340 g/mol. The summed E-state index contributed by atoms with van der Waals surface area (Å²) in [5.74, 6) is -0.941. The third kappa shape index (κ3) is 3.62. The number of nitrogens with one attached hydrogen (secondary N) is 1. The summed E-state index contributed by atoms with van der Waals surface area (Å²) in [6.45, 7) is 0.0242. The molecule has 0 amide bonds. The Labute approximate surface area is 137 Å². The second-order valence-corrected chi connectivity index (χ2v) is 5.03. The first-order valence-electron chi connectivity index (χ1n) is 6.21. The molecule has 0 saturated carbocycles. The summed E-state index contributed by atoms with van der Waals surface area (Å²) in [5.41, 5.74) is 0.652. The van der Waals surface area contributed by atoms with E-state index in [0.717, 1.165) is 0 Å². The van der Waals surface area contributed by atoms with Gasteiger partial charge in [0.25, 0.3) is 0 Å². The molecular formula is C15H12Cl2NO4-. The quantitative estimate of drug-likeness (QED) is 0.818. The van der Waals surface area contributed by atoms with Crippen molar-refractivity contribution in [3.05, 3.63) is 52.0 Å². The van der Waals surface area contributed by atoms with Crippen LogP contribution in [-0.2, 0) is 4.74 Å². The number of carbonyl (C=O) groups is 1. The molecule has 0 spiro atoms. The zero-order valence-corrected chi connectivity index (χ0v) is 13.1. The molecule has 0 aliphatic carbocycles.